The predicted octanol–water partition coefficient (Wildman–Crippen LogP) is 2.44. The van der Waals surface area contributed by atoms with E-state index in [0.717, 1.165) is 24.1 Å². The fraction of sp³-hybridized carbons (Fsp3) is 0.176. The molecule has 0 bridgehead atoms. The zero-order valence-corrected chi connectivity index (χ0v) is 11.8. The summed E-state index contributed by atoms with van der Waals surface area (Å²) in [4.78, 5) is 23.2. The van der Waals surface area contributed by atoms with Crippen LogP contribution in [0.4, 0.5) is 0 Å². The minimum atomic E-state index is -0.971. The summed E-state index contributed by atoms with van der Waals surface area (Å²) in [5, 5.41) is 9.38. The molecule has 0 radical (unpaired) electrons. The van der Waals surface area contributed by atoms with Crippen molar-refractivity contribution in [1.29, 1.82) is 0 Å². The number of carboxylic acids is 1. The number of carboxylic acid groups (broad SMARTS) is 1. The monoisotopic (exact) mass is 297 g/mol. The van der Waals surface area contributed by atoms with Gasteiger partial charge >= 0.3 is 5.97 Å². The Bertz CT molecular complexity index is 874. The molecule has 3 N–H and O–H groups in total. The highest BCUT2D eigenvalue weighted by Gasteiger charge is 2.14. The highest BCUT2D eigenvalue weighted by atomic mass is 16.4. The Morgan fingerprint density at radius 1 is 1.36 bits per heavy atom. The number of aliphatic carboxylic acids is 1. The lowest BCUT2D eigenvalue weighted by Crippen LogP contribution is -2.07. The third-order valence-electron chi connectivity index (χ3n) is 3.60. The van der Waals surface area contributed by atoms with Crippen molar-refractivity contribution in [2.75, 3.05) is 0 Å². The van der Waals surface area contributed by atoms with E-state index in [2.05, 4.69) is 0 Å². The number of rotatable bonds is 3. The Hall–Kier alpha value is -2.82. The molecule has 5 nitrogen and oxygen atoms in total. The summed E-state index contributed by atoms with van der Waals surface area (Å²) < 4.78 is 5.83. The lowest BCUT2D eigenvalue weighted by molar-refractivity contribution is -0.136. The first-order valence-corrected chi connectivity index (χ1v) is 6.99. The van der Waals surface area contributed by atoms with Crippen LogP contribution in [0.5, 0.6) is 0 Å². The van der Waals surface area contributed by atoms with Crippen molar-refractivity contribution in [2.24, 2.45) is 5.73 Å². The molecule has 0 fully saturated rings. The van der Waals surface area contributed by atoms with Crippen molar-refractivity contribution in [1.82, 2.24) is 0 Å². The van der Waals surface area contributed by atoms with Crippen LogP contribution in [0, 0.1) is 0 Å². The molecule has 0 amide bonds. The van der Waals surface area contributed by atoms with Crippen molar-refractivity contribution < 1.29 is 14.3 Å². The fourth-order valence-corrected chi connectivity index (χ4v) is 2.58. The van der Waals surface area contributed by atoms with Crippen LogP contribution < -0.4 is 11.2 Å². The number of benzene rings is 1. The second kappa shape index (κ2) is 5.52. The predicted molar refractivity (Wildman–Crippen MR) is 83.3 cm³/mol. The van der Waals surface area contributed by atoms with Crippen molar-refractivity contribution in [2.45, 2.75) is 19.3 Å². The topological polar surface area (TPSA) is 93.5 Å². The van der Waals surface area contributed by atoms with Crippen LogP contribution in [0.15, 0.2) is 51.3 Å². The number of nitrogens with two attached hydrogens (primary N) is 1. The van der Waals surface area contributed by atoms with Gasteiger partial charge in [-0.15, -0.1) is 0 Å². The summed E-state index contributed by atoms with van der Waals surface area (Å²) >= 11 is 0. The van der Waals surface area contributed by atoms with Gasteiger partial charge in [0, 0.05) is 22.9 Å². The average molecular weight is 297 g/mol. The van der Waals surface area contributed by atoms with Crippen LogP contribution in [-0.2, 0) is 11.2 Å². The number of para-hydroxylation sites is 1. The van der Waals surface area contributed by atoms with Crippen LogP contribution in [0.2, 0.25) is 0 Å². The van der Waals surface area contributed by atoms with E-state index >= 15 is 0 Å². The van der Waals surface area contributed by atoms with Crippen LogP contribution in [0.1, 0.15) is 24.2 Å². The number of fused-ring (bicyclic) bond motifs is 1. The number of carbonyl (C=O) groups is 1. The lowest BCUT2D eigenvalue weighted by Gasteiger charge is -2.11. The second-order valence-corrected chi connectivity index (χ2v) is 5.26. The quantitative estimate of drug-likeness (QED) is 0.907. The van der Waals surface area contributed by atoms with Crippen molar-refractivity contribution in [3.05, 3.63) is 63.7 Å². The smallest absolute Gasteiger partial charge is 0.307 e. The summed E-state index contributed by atoms with van der Waals surface area (Å²) in [6.45, 7) is 0. The van der Waals surface area contributed by atoms with Crippen LogP contribution >= 0.6 is 0 Å². The molecule has 2 aromatic rings. The largest absolute Gasteiger partial charge is 0.481 e. The first kappa shape index (κ1) is 14.1. The number of hydrogen-bond acceptors (Lipinski definition) is 4. The summed E-state index contributed by atoms with van der Waals surface area (Å²) in [5.74, 6) is -0.556. The molecule has 1 heterocycles. The second-order valence-electron chi connectivity index (χ2n) is 5.26. The molecule has 5 heteroatoms. The normalized spacial score (nSPS) is 14.5. The van der Waals surface area contributed by atoms with Crippen molar-refractivity contribution >= 4 is 22.5 Å². The Balaban J connectivity index is 2.20. The van der Waals surface area contributed by atoms with E-state index in [-0.39, 0.29) is 11.8 Å². The maximum absolute atomic E-state index is 12.3. The highest BCUT2D eigenvalue weighted by molar-refractivity contribution is 5.85. The molecule has 1 aromatic carbocycles. The molecule has 1 aromatic heterocycles. The Kier molecular flexibility index (Phi) is 3.55. The number of hydrogen-bond donors (Lipinski definition) is 2. The van der Waals surface area contributed by atoms with Gasteiger partial charge < -0.3 is 15.3 Å². The van der Waals surface area contributed by atoms with E-state index in [1.165, 1.54) is 6.07 Å². The minimum absolute atomic E-state index is 0.193. The average Bonchev–Trinajstić information content (AvgIpc) is 2.47. The van der Waals surface area contributed by atoms with Gasteiger partial charge in [-0.3, -0.25) is 9.59 Å². The van der Waals surface area contributed by atoms with Gasteiger partial charge in [-0.1, -0.05) is 18.2 Å². The van der Waals surface area contributed by atoms with E-state index in [1.807, 2.05) is 6.08 Å². The molecule has 0 unspecified atom stereocenters. The zero-order valence-electron chi connectivity index (χ0n) is 11.8. The molecule has 112 valence electrons. The molecule has 1 aliphatic rings. The molecular formula is C17H15NO4. The van der Waals surface area contributed by atoms with E-state index < -0.39 is 5.97 Å². The van der Waals surface area contributed by atoms with Gasteiger partial charge in [-0.2, -0.15) is 0 Å². The lowest BCUT2D eigenvalue weighted by atomic mass is 10.0. The molecule has 1 aliphatic carbocycles. The zero-order chi connectivity index (χ0) is 15.7. The Morgan fingerprint density at radius 3 is 2.91 bits per heavy atom. The Labute approximate surface area is 126 Å². The number of allylic oxidation sites excluding steroid dienone is 4. The maximum Gasteiger partial charge on any atom is 0.307 e. The third kappa shape index (κ3) is 2.65. The molecule has 0 aliphatic heterocycles. The third-order valence-corrected chi connectivity index (χ3v) is 3.60. The van der Waals surface area contributed by atoms with Crippen molar-refractivity contribution in [3.8, 4) is 0 Å². The standard InChI is InChI=1S/C17H15NO4/c18-12-5-1-3-10(7-12)15-9-14(19)13-6-2-4-11(8-16(20)21)17(13)22-15/h2-4,6-7,9H,1,5,8,18H2,(H,20,21). The Morgan fingerprint density at radius 2 is 2.18 bits per heavy atom. The molecule has 0 saturated heterocycles. The SMILES string of the molecule is NC1=CC(c2cc(=O)c3cccc(CC(=O)O)c3o2)=CCC1. The van der Waals surface area contributed by atoms with E-state index in [9.17, 15) is 9.59 Å². The van der Waals surface area contributed by atoms with Gasteiger partial charge in [0.05, 0.1) is 11.8 Å². The van der Waals surface area contributed by atoms with Gasteiger partial charge in [0.15, 0.2) is 5.43 Å². The van der Waals surface area contributed by atoms with Gasteiger partial charge in [-0.25, -0.2) is 0 Å². The first-order chi connectivity index (χ1) is 10.5. The molecule has 0 spiro atoms. The van der Waals surface area contributed by atoms with Crippen LogP contribution in [0.25, 0.3) is 16.5 Å². The van der Waals surface area contributed by atoms with Gasteiger partial charge in [0.25, 0.3) is 0 Å². The highest BCUT2D eigenvalue weighted by Crippen LogP contribution is 2.26. The fourth-order valence-electron chi connectivity index (χ4n) is 2.58. The molecule has 0 saturated carbocycles. The summed E-state index contributed by atoms with van der Waals surface area (Å²) in [6, 6.07) is 6.38. The van der Waals surface area contributed by atoms with Crippen LogP contribution in [0.3, 0.4) is 0 Å². The molecule has 22 heavy (non-hydrogen) atoms. The van der Waals surface area contributed by atoms with E-state index in [0.29, 0.717) is 22.3 Å². The minimum Gasteiger partial charge on any atom is -0.481 e. The summed E-state index contributed by atoms with van der Waals surface area (Å²) in [7, 11) is 0. The first-order valence-electron chi connectivity index (χ1n) is 6.99. The van der Waals surface area contributed by atoms with Gasteiger partial charge in [-0.05, 0) is 25.0 Å². The van der Waals surface area contributed by atoms with E-state index in [4.69, 9.17) is 15.3 Å². The van der Waals surface area contributed by atoms with Crippen molar-refractivity contribution in [3.63, 3.8) is 0 Å². The molecule has 3 rings (SSSR count). The molecular weight excluding hydrogens is 282 g/mol. The van der Waals surface area contributed by atoms with Gasteiger partial charge in [0.2, 0.25) is 0 Å². The summed E-state index contributed by atoms with van der Waals surface area (Å²) in [6.07, 6.45) is 5.12. The van der Waals surface area contributed by atoms with E-state index in [1.54, 1.807) is 24.3 Å². The maximum atomic E-state index is 12.3. The molecule has 0 atom stereocenters. The van der Waals surface area contributed by atoms with Gasteiger partial charge in [0.1, 0.15) is 11.3 Å². The van der Waals surface area contributed by atoms with Crippen LogP contribution in [-0.4, -0.2) is 11.1 Å². The summed E-state index contributed by atoms with van der Waals surface area (Å²) in [5.41, 5.74) is 7.94.